The van der Waals surface area contributed by atoms with E-state index in [1.807, 2.05) is 6.07 Å². The van der Waals surface area contributed by atoms with Gasteiger partial charge in [-0.25, -0.2) is 0 Å². The number of hydrogen-bond acceptors (Lipinski definition) is 3. The van der Waals surface area contributed by atoms with Crippen molar-refractivity contribution in [3.05, 3.63) is 23.8 Å². The van der Waals surface area contributed by atoms with Crippen LogP contribution in [0, 0.1) is 0 Å². The summed E-state index contributed by atoms with van der Waals surface area (Å²) in [5.41, 5.74) is 1.36. The number of methoxy groups -OCH3 is 1. The molecule has 1 rings (SSSR count). The zero-order valence-electron chi connectivity index (χ0n) is 7.20. The molecule has 70 valence electrons. The van der Waals surface area contributed by atoms with Crippen LogP contribution in [0.1, 0.15) is 5.56 Å². The zero-order valence-corrected chi connectivity index (χ0v) is 8.78. The van der Waals surface area contributed by atoms with Crippen molar-refractivity contribution in [2.75, 3.05) is 7.11 Å². The zero-order chi connectivity index (χ0) is 9.84. The van der Waals surface area contributed by atoms with Gasteiger partial charge in [0, 0.05) is 10.8 Å². The summed E-state index contributed by atoms with van der Waals surface area (Å²) < 4.78 is 4.97. The maximum absolute atomic E-state index is 9.02. The number of hydrogen-bond donors (Lipinski definition) is 2. The summed E-state index contributed by atoms with van der Waals surface area (Å²) in [6.07, 6.45) is 0. The second-order valence-electron chi connectivity index (χ2n) is 2.58. The van der Waals surface area contributed by atoms with Gasteiger partial charge >= 0.3 is 7.12 Å². The molecule has 0 fully saturated rings. The van der Waals surface area contributed by atoms with E-state index in [-0.39, 0.29) is 0 Å². The Morgan fingerprint density at radius 2 is 2.15 bits per heavy atom. The molecule has 0 aliphatic carbocycles. The van der Waals surface area contributed by atoms with Crippen LogP contribution in [0.3, 0.4) is 0 Å². The van der Waals surface area contributed by atoms with Gasteiger partial charge in [0.05, 0.1) is 7.11 Å². The number of ether oxygens (including phenoxy) is 1. The molecule has 0 heterocycles. The highest BCUT2D eigenvalue weighted by molar-refractivity contribution is 9.08. The Hall–Kier alpha value is -0.515. The molecule has 0 aliphatic rings. The van der Waals surface area contributed by atoms with Crippen LogP contribution in [0.25, 0.3) is 0 Å². The van der Waals surface area contributed by atoms with Gasteiger partial charge < -0.3 is 14.8 Å². The Morgan fingerprint density at radius 1 is 1.46 bits per heavy atom. The van der Waals surface area contributed by atoms with Gasteiger partial charge in [0.25, 0.3) is 0 Å². The molecule has 3 nitrogen and oxygen atoms in total. The average molecular weight is 245 g/mol. The monoisotopic (exact) mass is 244 g/mol. The highest BCUT2D eigenvalue weighted by Crippen LogP contribution is 2.11. The molecule has 0 atom stereocenters. The summed E-state index contributed by atoms with van der Waals surface area (Å²) in [5.74, 6) is 0.486. The van der Waals surface area contributed by atoms with Gasteiger partial charge in [-0.1, -0.05) is 28.1 Å². The molecule has 0 saturated carbocycles. The third-order valence-electron chi connectivity index (χ3n) is 1.73. The maximum Gasteiger partial charge on any atom is 0.492 e. The van der Waals surface area contributed by atoms with Crippen molar-refractivity contribution in [1.82, 2.24) is 0 Å². The standard InChI is InChI=1S/C8H10BBrO3/c1-13-8-3-2-6(5-10)4-7(8)9(11)12/h2-4,11-12H,5H2,1H3. The van der Waals surface area contributed by atoms with Crippen molar-refractivity contribution in [3.63, 3.8) is 0 Å². The Morgan fingerprint density at radius 3 is 2.62 bits per heavy atom. The number of alkyl halides is 1. The Balaban J connectivity index is 3.10. The second-order valence-corrected chi connectivity index (χ2v) is 3.14. The van der Waals surface area contributed by atoms with Crippen molar-refractivity contribution in [1.29, 1.82) is 0 Å². The fourth-order valence-corrected chi connectivity index (χ4v) is 1.42. The maximum atomic E-state index is 9.02. The molecule has 0 bridgehead atoms. The first-order valence-electron chi connectivity index (χ1n) is 3.78. The largest absolute Gasteiger partial charge is 0.497 e. The molecule has 1 aromatic rings. The van der Waals surface area contributed by atoms with Gasteiger partial charge in [-0.15, -0.1) is 0 Å². The van der Waals surface area contributed by atoms with Crippen LogP contribution in [-0.4, -0.2) is 24.3 Å². The van der Waals surface area contributed by atoms with Gasteiger partial charge in [0.2, 0.25) is 0 Å². The van der Waals surface area contributed by atoms with Crippen molar-refractivity contribution >= 4 is 28.5 Å². The van der Waals surface area contributed by atoms with Crippen LogP contribution in [0.15, 0.2) is 18.2 Å². The third kappa shape index (κ3) is 2.46. The predicted molar refractivity (Wildman–Crippen MR) is 55.5 cm³/mol. The smallest absolute Gasteiger partial charge is 0.492 e. The first-order valence-corrected chi connectivity index (χ1v) is 4.90. The van der Waals surface area contributed by atoms with E-state index in [0.717, 1.165) is 5.56 Å². The molecule has 0 aromatic heterocycles. The molecule has 0 amide bonds. The lowest BCUT2D eigenvalue weighted by atomic mass is 9.79. The number of halogens is 1. The van der Waals surface area contributed by atoms with Crippen LogP contribution >= 0.6 is 15.9 Å². The number of benzene rings is 1. The van der Waals surface area contributed by atoms with Gasteiger partial charge in [0.1, 0.15) is 5.75 Å². The summed E-state index contributed by atoms with van der Waals surface area (Å²) >= 11 is 3.28. The quantitative estimate of drug-likeness (QED) is 0.593. The van der Waals surface area contributed by atoms with Gasteiger partial charge in [-0.05, 0) is 11.6 Å². The van der Waals surface area contributed by atoms with Gasteiger partial charge in [-0.2, -0.15) is 0 Å². The molecule has 0 spiro atoms. The SMILES string of the molecule is COc1ccc(CBr)cc1B(O)O. The van der Waals surface area contributed by atoms with Gasteiger partial charge in [-0.3, -0.25) is 0 Å². The fraction of sp³-hybridized carbons (Fsp3) is 0.250. The van der Waals surface area contributed by atoms with E-state index in [1.54, 1.807) is 12.1 Å². The lowest BCUT2D eigenvalue weighted by Gasteiger charge is -2.08. The van der Waals surface area contributed by atoms with Gasteiger partial charge in [0.15, 0.2) is 0 Å². The van der Waals surface area contributed by atoms with Crippen LogP contribution in [0.4, 0.5) is 0 Å². The van der Waals surface area contributed by atoms with Crippen molar-refractivity contribution < 1.29 is 14.8 Å². The molecule has 0 unspecified atom stereocenters. The lowest BCUT2D eigenvalue weighted by Crippen LogP contribution is -2.31. The molecular weight excluding hydrogens is 235 g/mol. The predicted octanol–water partition coefficient (Wildman–Crippen LogP) is 0.270. The first kappa shape index (κ1) is 10.6. The number of rotatable bonds is 3. The third-order valence-corrected chi connectivity index (χ3v) is 2.37. The topological polar surface area (TPSA) is 49.7 Å². The highest BCUT2D eigenvalue weighted by atomic mass is 79.9. The molecule has 0 radical (unpaired) electrons. The summed E-state index contributed by atoms with van der Waals surface area (Å²) in [4.78, 5) is 0. The van der Waals surface area contributed by atoms with Crippen molar-refractivity contribution in [2.24, 2.45) is 0 Å². The summed E-state index contributed by atoms with van der Waals surface area (Å²) in [5, 5.41) is 18.7. The second kappa shape index (κ2) is 4.65. The van der Waals surface area contributed by atoms with E-state index in [0.29, 0.717) is 16.5 Å². The summed E-state index contributed by atoms with van der Waals surface area (Å²) in [6.45, 7) is 0. The van der Waals surface area contributed by atoms with Crippen LogP contribution < -0.4 is 10.2 Å². The molecule has 1 aromatic carbocycles. The van der Waals surface area contributed by atoms with Crippen LogP contribution in [0.5, 0.6) is 5.75 Å². The lowest BCUT2D eigenvalue weighted by molar-refractivity contribution is 0.403. The van der Waals surface area contributed by atoms with Crippen LogP contribution in [0.2, 0.25) is 0 Å². The molecule has 2 N–H and O–H groups in total. The molecule has 13 heavy (non-hydrogen) atoms. The minimum absolute atomic E-state index is 0.388. The van der Waals surface area contributed by atoms with Crippen LogP contribution in [-0.2, 0) is 5.33 Å². The Bertz CT molecular complexity index is 291. The fourth-order valence-electron chi connectivity index (χ4n) is 1.07. The average Bonchev–Trinajstić information content (AvgIpc) is 2.16. The van der Waals surface area contributed by atoms with Crippen molar-refractivity contribution in [2.45, 2.75) is 5.33 Å². The summed E-state index contributed by atoms with van der Waals surface area (Å²) in [6, 6.07) is 5.27. The van der Waals surface area contributed by atoms with E-state index in [4.69, 9.17) is 14.8 Å². The van der Waals surface area contributed by atoms with E-state index in [9.17, 15) is 0 Å². The minimum atomic E-state index is -1.49. The first-order chi connectivity index (χ1) is 6.19. The minimum Gasteiger partial charge on any atom is -0.497 e. The molecule has 0 saturated heterocycles. The van der Waals surface area contributed by atoms with E-state index < -0.39 is 7.12 Å². The normalized spacial score (nSPS) is 9.85. The molecule has 5 heteroatoms. The van der Waals surface area contributed by atoms with Crippen molar-refractivity contribution in [3.8, 4) is 5.75 Å². The Kier molecular flexibility index (Phi) is 3.78. The Labute approximate surface area is 85.6 Å². The van der Waals surface area contributed by atoms with E-state index in [2.05, 4.69) is 15.9 Å². The molecular formula is C8H10BBrO3. The van der Waals surface area contributed by atoms with E-state index in [1.165, 1.54) is 7.11 Å². The highest BCUT2D eigenvalue weighted by Gasteiger charge is 2.16. The molecule has 0 aliphatic heterocycles. The van der Waals surface area contributed by atoms with E-state index >= 15 is 0 Å². The summed E-state index contributed by atoms with van der Waals surface area (Å²) in [7, 11) is 0.00335.